The van der Waals surface area contributed by atoms with E-state index in [0.29, 0.717) is 6.04 Å². The first-order chi connectivity index (χ1) is 6.63. The Morgan fingerprint density at radius 1 is 1.21 bits per heavy atom. The molecule has 0 aromatic heterocycles. The number of amides is 1. The first-order valence-corrected chi connectivity index (χ1v) is 5.90. The molecule has 0 spiro atoms. The fraction of sp³-hybridized carbons (Fsp3) is 0.917. The molecule has 0 fully saturated rings. The largest absolute Gasteiger partial charge is 0.340 e. The van der Waals surface area contributed by atoms with Gasteiger partial charge in [0, 0.05) is 19.5 Å². The van der Waals surface area contributed by atoms with Crippen LogP contribution in [0.15, 0.2) is 0 Å². The molecule has 0 bridgehead atoms. The van der Waals surface area contributed by atoms with Crippen LogP contribution < -0.4 is 0 Å². The lowest BCUT2D eigenvalue weighted by Crippen LogP contribution is -2.37. The quantitative estimate of drug-likeness (QED) is 0.576. The molecule has 0 saturated heterocycles. The van der Waals surface area contributed by atoms with Crippen LogP contribution in [0, 0.1) is 0 Å². The van der Waals surface area contributed by atoms with E-state index < -0.39 is 0 Å². The summed E-state index contributed by atoms with van der Waals surface area (Å²) in [5, 5.41) is 0. The lowest BCUT2D eigenvalue weighted by Gasteiger charge is -2.27. The molecule has 14 heavy (non-hydrogen) atoms. The van der Waals surface area contributed by atoms with Crippen molar-refractivity contribution in [2.75, 3.05) is 6.54 Å². The van der Waals surface area contributed by atoms with E-state index in [9.17, 15) is 4.79 Å². The molecule has 0 aromatic carbocycles. The SMILES string of the molecule is CCCCCCN(C(C)=O)C(C)CC. The number of nitrogens with zero attached hydrogens (tertiary/aromatic N) is 1. The third-order valence-corrected chi connectivity index (χ3v) is 2.78. The van der Waals surface area contributed by atoms with E-state index in [1.54, 1.807) is 6.92 Å². The van der Waals surface area contributed by atoms with Gasteiger partial charge in [0.1, 0.15) is 0 Å². The topological polar surface area (TPSA) is 20.3 Å². The van der Waals surface area contributed by atoms with Crippen LogP contribution in [-0.4, -0.2) is 23.4 Å². The van der Waals surface area contributed by atoms with Crippen LogP contribution in [0.4, 0.5) is 0 Å². The van der Waals surface area contributed by atoms with Crippen LogP contribution in [0.3, 0.4) is 0 Å². The fourth-order valence-corrected chi connectivity index (χ4v) is 1.62. The molecular formula is C12H25NO. The number of rotatable bonds is 7. The van der Waals surface area contributed by atoms with Crippen molar-refractivity contribution in [3.63, 3.8) is 0 Å². The Hall–Kier alpha value is -0.530. The number of carbonyl (C=O) groups is 1. The predicted molar refractivity (Wildman–Crippen MR) is 61.3 cm³/mol. The highest BCUT2D eigenvalue weighted by Gasteiger charge is 2.13. The minimum absolute atomic E-state index is 0.218. The molecule has 0 aliphatic heterocycles. The Kier molecular flexibility index (Phi) is 7.54. The first-order valence-electron chi connectivity index (χ1n) is 5.90. The average molecular weight is 199 g/mol. The maximum Gasteiger partial charge on any atom is 0.219 e. The summed E-state index contributed by atoms with van der Waals surface area (Å²) in [6.07, 6.45) is 5.98. The fourth-order valence-electron chi connectivity index (χ4n) is 1.62. The summed E-state index contributed by atoms with van der Waals surface area (Å²) >= 11 is 0. The second-order valence-corrected chi connectivity index (χ2v) is 4.03. The van der Waals surface area contributed by atoms with Gasteiger partial charge in [-0.15, -0.1) is 0 Å². The van der Waals surface area contributed by atoms with Crippen molar-refractivity contribution in [3.8, 4) is 0 Å². The van der Waals surface area contributed by atoms with Crippen molar-refractivity contribution in [2.24, 2.45) is 0 Å². The van der Waals surface area contributed by atoms with Crippen LogP contribution in [0.1, 0.15) is 59.8 Å². The normalized spacial score (nSPS) is 12.6. The van der Waals surface area contributed by atoms with Crippen molar-refractivity contribution < 1.29 is 4.79 Å². The second kappa shape index (κ2) is 7.84. The zero-order valence-corrected chi connectivity index (χ0v) is 10.2. The van der Waals surface area contributed by atoms with E-state index >= 15 is 0 Å². The van der Waals surface area contributed by atoms with Gasteiger partial charge in [-0.1, -0.05) is 33.1 Å². The summed E-state index contributed by atoms with van der Waals surface area (Å²) in [5.41, 5.74) is 0. The van der Waals surface area contributed by atoms with Crippen molar-refractivity contribution in [1.29, 1.82) is 0 Å². The van der Waals surface area contributed by atoms with Crippen LogP contribution in [0.5, 0.6) is 0 Å². The van der Waals surface area contributed by atoms with E-state index in [1.807, 2.05) is 4.90 Å². The average Bonchev–Trinajstić information content (AvgIpc) is 2.16. The molecule has 0 saturated carbocycles. The lowest BCUT2D eigenvalue weighted by molar-refractivity contribution is -0.130. The van der Waals surface area contributed by atoms with E-state index in [4.69, 9.17) is 0 Å². The maximum atomic E-state index is 11.3. The number of unbranched alkanes of at least 4 members (excludes halogenated alkanes) is 3. The van der Waals surface area contributed by atoms with Crippen molar-refractivity contribution >= 4 is 5.91 Å². The van der Waals surface area contributed by atoms with E-state index in [0.717, 1.165) is 19.4 Å². The Balaban J connectivity index is 3.80. The van der Waals surface area contributed by atoms with Crippen LogP contribution in [0.25, 0.3) is 0 Å². The first kappa shape index (κ1) is 13.5. The zero-order chi connectivity index (χ0) is 11.0. The lowest BCUT2D eigenvalue weighted by atomic mass is 10.1. The van der Waals surface area contributed by atoms with Gasteiger partial charge in [0.25, 0.3) is 0 Å². The third kappa shape index (κ3) is 5.25. The van der Waals surface area contributed by atoms with Gasteiger partial charge in [-0.2, -0.15) is 0 Å². The van der Waals surface area contributed by atoms with Crippen LogP contribution >= 0.6 is 0 Å². The van der Waals surface area contributed by atoms with Gasteiger partial charge in [-0.25, -0.2) is 0 Å². The molecular weight excluding hydrogens is 174 g/mol. The Labute approximate surface area is 88.7 Å². The molecule has 2 nitrogen and oxygen atoms in total. The molecule has 1 atom stereocenters. The predicted octanol–water partition coefficient (Wildman–Crippen LogP) is 3.21. The zero-order valence-electron chi connectivity index (χ0n) is 10.2. The molecule has 1 unspecified atom stereocenters. The van der Waals surface area contributed by atoms with Gasteiger partial charge in [0.2, 0.25) is 5.91 Å². The molecule has 0 aromatic rings. The second-order valence-electron chi connectivity index (χ2n) is 4.03. The molecule has 84 valence electrons. The van der Waals surface area contributed by atoms with Crippen molar-refractivity contribution in [2.45, 2.75) is 65.8 Å². The van der Waals surface area contributed by atoms with Crippen LogP contribution in [-0.2, 0) is 4.79 Å². The number of hydrogen-bond acceptors (Lipinski definition) is 1. The summed E-state index contributed by atoms with van der Waals surface area (Å²) in [6, 6.07) is 0.397. The Morgan fingerprint density at radius 3 is 2.29 bits per heavy atom. The van der Waals surface area contributed by atoms with Gasteiger partial charge < -0.3 is 4.90 Å². The number of hydrogen-bond donors (Lipinski definition) is 0. The molecule has 0 heterocycles. The maximum absolute atomic E-state index is 11.3. The van der Waals surface area contributed by atoms with Gasteiger partial charge in [-0.3, -0.25) is 4.79 Å². The monoisotopic (exact) mass is 199 g/mol. The van der Waals surface area contributed by atoms with E-state index in [2.05, 4.69) is 20.8 Å². The summed E-state index contributed by atoms with van der Waals surface area (Å²) < 4.78 is 0. The summed E-state index contributed by atoms with van der Waals surface area (Å²) in [6.45, 7) is 9.07. The summed E-state index contributed by atoms with van der Waals surface area (Å²) in [5.74, 6) is 0.218. The highest BCUT2D eigenvalue weighted by molar-refractivity contribution is 5.73. The molecule has 1 amide bonds. The van der Waals surface area contributed by atoms with Gasteiger partial charge in [0.15, 0.2) is 0 Å². The van der Waals surface area contributed by atoms with Crippen LogP contribution in [0.2, 0.25) is 0 Å². The van der Waals surface area contributed by atoms with Gasteiger partial charge >= 0.3 is 0 Å². The van der Waals surface area contributed by atoms with Crippen molar-refractivity contribution in [1.82, 2.24) is 4.90 Å². The smallest absolute Gasteiger partial charge is 0.219 e. The number of carbonyl (C=O) groups excluding carboxylic acids is 1. The summed E-state index contributed by atoms with van der Waals surface area (Å²) in [4.78, 5) is 13.3. The third-order valence-electron chi connectivity index (χ3n) is 2.78. The van der Waals surface area contributed by atoms with E-state index in [1.165, 1.54) is 19.3 Å². The highest BCUT2D eigenvalue weighted by atomic mass is 16.2. The molecule has 0 rings (SSSR count). The standard InChI is InChI=1S/C12H25NO/c1-5-7-8-9-10-13(12(4)14)11(3)6-2/h11H,5-10H2,1-4H3. The van der Waals surface area contributed by atoms with Crippen molar-refractivity contribution in [3.05, 3.63) is 0 Å². The van der Waals surface area contributed by atoms with E-state index in [-0.39, 0.29) is 5.91 Å². The highest BCUT2D eigenvalue weighted by Crippen LogP contribution is 2.07. The minimum atomic E-state index is 0.218. The van der Waals surface area contributed by atoms with Gasteiger partial charge in [-0.05, 0) is 19.8 Å². The molecule has 2 heteroatoms. The Bertz CT molecular complexity index is 156. The molecule has 0 N–H and O–H groups in total. The molecule has 0 aliphatic carbocycles. The molecule has 0 aliphatic rings. The van der Waals surface area contributed by atoms with Gasteiger partial charge in [0.05, 0.1) is 0 Å². The molecule has 0 radical (unpaired) electrons. The Morgan fingerprint density at radius 2 is 1.86 bits per heavy atom. The minimum Gasteiger partial charge on any atom is -0.340 e. The summed E-state index contributed by atoms with van der Waals surface area (Å²) in [7, 11) is 0.